The van der Waals surface area contributed by atoms with Crippen molar-refractivity contribution in [2.75, 3.05) is 39.8 Å². The number of piperidine rings is 1. The highest BCUT2D eigenvalue weighted by molar-refractivity contribution is 5.85. The van der Waals surface area contributed by atoms with E-state index in [-0.39, 0.29) is 12.4 Å². The van der Waals surface area contributed by atoms with Crippen LogP contribution in [0.4, 0.5) is 0 Å². The monoisotopic (exact) mass is 261 g/mol. The Morgan fingerprint density at radius 1 is 1.06 bits per heavy atom. The van der Waals surface area contributed by atoms with Gasteiger partial charge in [-0.05, 0) is 52.7 Å². The SMILES string of the molecule is CC1C(C)N(CC2CCNCC2)CCN1C.Cl. The molecule has 2 rings (SSSR count). The van der Waals surface area contributed by atoms with Gasteiger partial charge in [0.25, 0.3) is 0 Å². The first-order chi connectivity index (χ1) is 7.68. The Hall–Kier alpha value is 0.170. The van der Waals surface area contributed by atoms with Crippen LogP contribution in [0, 0.1) is 5.92 Å². The van der Waals surface area contributed by atoms with E-state index in [0.717, 1.165) is 5.92 Å². The van der Waals surface area contributed by atoms with Gasteiger partial charge in [0.15, 0.2) is 0 Å². The zero-order valence-electron chi connectivity index (χ0n) is 11.5. The van der Waals surface area contributed by atoms with Crippen LogP contribution in [0.5, 0.6) is 0 Å². The average molecular weight is 262 g/mol. The quantitative estimate of drug-likeness (QED) is 0.812. The van der Waals surface area contributed by atoms with E-state index in [1.165, 1.54) is 45.6 Å². The summed E-state index contributed by atoms with van der Waals surface area (Å²) in [6.07, 6.45) is 2.74. The van der Waals surface area contributed by atoms with Crippen molar-refractivity contribution in [2.45, 2.75) is 38.8 Å². The Kier molecular flexibility index (Phi) is 6.21. The Bertz CT molecular complexity index is 219. The fourth-order valence-electron chi connectivity index (χ4n) is 3.02. The normalized spacial score (nSPS) is 33.4. The summed E-state index contributed by atoms with van der Waals surface area (Å²) >= 11 is 0. The van der Waals surface area contributed by atoms with Gasteiger partial charge in [-0.15, -0.1) is 12.4 Å². The third-order valence-corrected chi connectivity index (χ3v) is 4.66. The zero-order valence-corrected chi connectivity index (χ0v) is 12.3. The molecule has 0 aliphatic carbocycles. The Morgan fingerprint density at radius 2 is 1.71 bits per heavy atom. The first-order valence-electron chi connectivity index (χ1n) is 6.83. The van der Waals surface area contributed by atoms with Gasteiger partial charge in [-0.25, -0.2) is 0 Å². The van der Waals surface area contributed by atoms with E-state index in [0.29, 0.717) is 12.1 Å². The minimum atomic E-state index is 0. The highest BCUT2D eigenvalue weighted by atomic mass is 35.5. The van der Waals surface area contributed by atoms with Crippen molar-refractivity contribution < 1.29 is 0 Å². The molecule has 2 atom stereocenters. The third-order valence-electron chi connectivity index (χ3n) is 4.66. The summed E-state index contributed by atoms with van der Waals surface area (Å²) in [4.78, 5) is 5.20. The molecule has 0 spiro atoms. The molecule has 17 heavy (non-hydrogen) atoms. The fraction of sp³-hybridized carbons (Fsp3) is 1.00. The van der Waals surface area contributed by atoms with Gasteiger partial charge in [0.1, 0.15) is 0 Å². The number of rotatable bonds is 2. The highest BCUT2D eigenvalue weighted by Gasteiger charge is 2.29. The minimum absolute atomic E-state index is 0. The molecule has 3 nitrogen and oxygen atoms in total. The second kappa shape index (κ2) is 6.93. The maximum absolute atomic E-state index is 3.45. The molecule has 0 saturated carbocycles. The molecule has 2 heterocycles. The lowest BCUT2D eigenvalue weighted by Gasteiger charge is -2.45. The van der Waals surface area contributed by atoms with E-state index >= 15 is 0 Å². The van der Waals surface area contributed by atoms with E-state index in [4.69, 9.17) is 0 Å². The smallest absolute Gasteiger partial charge is 0.0221 e. The molecule has 0 aromatic heterocycles. The van der Waals surface area contributed by atoms with Crippen LogP contribution in [0.3, 0.4) is 0 Å². The van der Waals surface area contributed by atoms with Crippen molar-refractivity contribution in [3.8, 4) is 0 Å². The summed E-state index contributed by atoms with van der Waals surface area (Å²) in [5, 5.41) is 3.45. The molecule has 2 aliphatic heterocycles. The molecule has 2 fully saturated rings. The molecule has 0 amide bonds. The van der Waals surface area contributed by atoms with Crippen molar-refractivity contribution in [2.24, 2.45) is 5.92 Å². The molecular formula is C13H28ClN3. The molecule has 0 aromatic rings. The van der Waals surface area contributed by atoms with Crippen LogP contribution < -0.4 is 5.32 Å². The summed E-state index contributed by atoms with van der Waals surface area (Å²) in [5.74, 6) is 0.930. The van der Waals surface area contributed by atoms with Crippen molar-refractivity contribution in [3.63, 3.8) is 0 Å². The average Bonchev–Trinajstić information content (AvgIpc) is 2.31. The van der Waals surface area contributed by atoms with Gasteiger partial charge in [0, 0.05) is 31.7 Å². The lowest BCUT2D eigenvalue weighted by molar-refractivity contribution is 0.0381. The zero-order chi connectivity index (χ0) is 11.5. The van der Waals surface area contributed by atoms with Gasteiger partial charge in [0.05, 0.1) is 0 Å². The molecule has 2 aliphatic rings. The molecular weight excluding hydrogens is 234 g/mol. The van der Waals surface area contributed by atoms with Gasteiger partial charge in [-0.1, -0.05) is 0 Å². The van der Waals surface area contributed by atoms with E-state index in [2.05, 4.69) is 36.0 Å². The van der Waals surface area contributed by atoms with Crippen molar-refractivity contribution in [1.82, 2.24) is 15.1 Å². The molecule has 0 aromatic carbocycles. The molecule has 0 radical (unpaired) electrons. The number of likely N-dealkylation sites (N-methyl/N-ethyl adjacent to an activating group) is 1. The van der Waals surface area contributed by atoms with Gasteiger partial charge in [-0.2, -0.15) is 0 Å². The van der Waals surface area contributed by atoms with E-state index in [9.17, 15) is 0 Å². The third kappa shape index (κ3) is 3.82. The number of nitrogens with one attached hydrogen (secondary N) is 1. The maximum Gasteiger partial charge on any atom is 0.0221 e. The van der Waals surface area contributed by atoms with E-state index in [1.54, 1.807) is 0 Å². The van der Waals surface area contributed by atoms with Gasteiger partial charge in [-0.3, -0.25) is 4.90 Å². The van der Waals surface area contributed by atoms with Crippen molar-refractivity contribution in [1.29, 1.82) is 0 Å². The molecule has 0 bridgehead atoms. The first-order valence-corrected chi connectivity index (χ1v) is 6.83. The Labute approximate surface area is 112 Å². The number of hydrogen-bond donors (Lipinski definition) is 1. The van der Waals surface area contributed by atoms with E-state index < -0.39 is 0 Å². The van der Waals surface area contributed by atoms with Crippen LogP contribution in [0.1, 0.15) is 26.7 Å². The second-order valence-corrected chi connectivity index (χ2v) is 5.65. The molecule has 2 unspecified atom stereocenters. The summed E-state index contributed by atoms with van der Waals surface area (Å²) in [6.45, 7) is 11.0. The second-order valence-electron chi connectivity index (χ2n) is 5.65. The Morgan fingerprint density at radius 3 is 2.35 bits per heavy atom. The van der Waals surface area contributed by atoms with Crippen LogP contribution in [-0.4, -0.2) is 61.7 Å². The lowest BCUT2D eigenvalue weighted by atomic mass is 9.95. The topological polar surface area (TPSA) is 18.5 Å². The van der Waals surface area contributed by atoms with Crippen LogP contribution >= 0.6 is 12.4 Å². The lowest BCUT2D eigenvalue weighted by Crippen LogP contribution is -2.57. The standard InChI is InChI=1S/C13H27N3.ClH/c1-11-12(2)16(9-8-15(11)3)10-13-4-6-14-7-5-13;/h11-14H,4-10H2,1-3H3;1H. The summed E-state index contributed by atoms with van der Waals surface area (Å²) in [7, 11) is 2.25. The fourth-order valence-corrected chi connectivity index (χ4v) is 3.02. The first kappa shape index (κ1) is 15.2. The number of nitrogens with zero attached hydrogens (tertiary/aromatic N) is 2. The van der Waals surface area contributed by atoms with Gasteiger partial charge in [0.2, 0.25) is 0 Å². The largest absolute Gasteiger partial charge is 0.317 e. The minimum Gasteiger partial charge on any atom is -0.317 e. The van der Waals surface area contributed by atoms with E-state index in [1.807, 2.05) is 0 Å². The molecule has 2 saturated heterocycles. The highest BCUT2D eigenvalue weighted by Crippen LogP contribution is 2.20. The van der Waals surface area contributed by atoms with Crippen LogP contribution in [-0.2, 0) is 0 Å². The Balaban J connectivity index is 0.00000144. The molecule has 102 valence electrons. The van der Waals surface area contributed by atoms with Crippen molar-refractivity contribution in [3.05, 3.63) is 0 Å². The predicted molar refractivity (Wildman–Crippen MR) is 76.0 cm³/mol. The number of piperazine rings is 1. The van der Waals surface area contributed by atoms with Crippen LogP contribution in [0.15, 0.2) is 0 Å². The summed E-state index contributed by atoms with van der Waals surface area (Å²) in [6, 6.07) is 1.42. The van der Waals surface area contributed by atoms with Crippen molar-refractivity contribution >= 4 is 12.4 Å². The van der Waals surface area contributed by atoms with Gasteiger partial charge >= 0.3 is 0 Å². The molecule has 4 heteroatoms. The van der Waals surface area contributed by atoms with Crippen LogP contribution in [0.2, 0.25) is 0 Å². The number of hydrogen-bond acceptors (Lipinski definition) is 3. The maximum atomic E-state index is 3.45. The summed E-state index contributed by atoms with van der Waals surface area (Å²) < 4.78 is 0. The van der Waals surface area contributed by atoms with Crippen LogP contribution in [0.25, 0.3) is 0 Å². The summed E-state index contributed by atoms with van der Waals surface area (Å²) in [5.41, 5.74) is 0. The predicted octanol–water partition coefficient (Wildman–Crippen LogP) is 1.43. The molecule has 1 N–H and O–H groups in total. The van der Waals surface area contributed by atoms with Gasteiger partial charge < -0.3 is 10.2 Å². The number of halogens is 1.